The molecule has 0 fully saturated rings. The van der Waals surface area contributed by atoms with Crippen LogP contribution < -0.4 is 0 Å². The van der Waals surface area contributed by atoms with Gasteiger partial charge in [-0.2, -0.15) is 6.08 Å². The summed E-state index contributed by atoms with van der Waals surface area (Å²) >= 11 is 0. The van der Waals surface area contributed by atoms with E-state index < -0.39 is 11.6 Å². The van der Waals surface area contributed by atoms with Crippen LogP contribution in [0, 0.1) is 24.6 Å². The molecule has 0 aliphatic heterocycles. The maximum atomic E-state index is 13.2. The van der Waals surface area contributed by atoms with Gasteiger partial charge in [0.15, 0.2) is 0 Å². The summed E-state index contributed by atoms with van der Waals surface area (Å²) in [5.41, 5.74) is 6.16. The minimum atomic E-state index is -0.649. The third kappa shape index (κ3) is 7.10. The van der Waals surface area contributed by atoms with Gasteiger partial charge in [0, 0.05) is 34.3 Å². The number of hydrogen-bond donors (Lipinski definition) is 0. The Morgan fingerprint density at radius 3 is 2.10 bits per heavy atom. The number of halogens is 2. The van der Waals surface area contributed by atoms with Gasteiger partial charge in [-0.3, -0.25) is 8.78 Å². The summed E-state index contributed by atoms with van der Waals surface area (Å²) in [5, 5.41) is 2.52. The van der Waals surface area contributed by atoms with Crippen molar-refractivity contribution < 1.29 is 34.6 Å². The molecule has 3 nitrogen and oxygen atoms in total. The zero-order valence-electron chi connectivity index (χ0n) is 23.0. The zero-order valence-corrected chi connectivity index (χ0v) is 25.2. The molecule has 0 aliphatic rings. The Morgan fingerprint density at radius 1 is 0.905 bits per heavy atom. The molecule has 42 heavy (non-hydrogen) atoms. The first-order valence-corrected chi connectivity index (χ1v) is 13.3. The molecule has 0 saturated heterocycles. The standard InChI is InChI=1S/C25H22NO.C11H6F2N.Pt/c1-18(2)17-21(27)16-13-19-11-14-20(15-12-19)26-24-9-5-3-7-22(24)23-8-4-6-10-25(23)26;12-8-4-5-9(10(13)7-8)11-3-1-2-6-14-11;/h3-12,14-15,17H,1,13,16H2,2H3;1-4,6-7H;/q2*-1;+2/b18-17+;;. The minimum absolute atomic E-state index is 0. The fourth-order valence-electron chi connectivity index (χ4n) is 4.78. The molecule has 0 unspecified atom stereocenters. The minimum Gasteiger partial charge on any atom is -0.316 e. The van der Waals surface area contributed by atoms with E-state index in [1.807, 2.05) is 6.92 Å². The summed E-state index contributed by atoms with van der Waals surface area (Å²) < 4.78 is 28.1. The van der Waals surface area contributed by atoms with Gasteiger partial charge in [0.05, 0.1) is 16.8 Å². The molecule has 212 valence electrons. The predicted molar refractivity (Wildman–Crippen MR) is 162 cm³/mol. The number of ketones is 1. The average Bonchev–Trinajstić information content (AvgIpc) is 3.31. The van der Waals surface area contributed by atoms with Crippen LogP contribution in [0.4, 0.5) is 8.78 Å². The van der Waals surface area contributed by atoms with Crippen molar-refractivity contribution >= 4 is 27.6 Å². The summed E-state index contributed by atoms with van der Waals surface area (Å²) in [6.07, 6.45) is 4.43. The normalized spacial score (nSPS) is 11.1. The van der Waals surface area contributed by atoms with E-state index in [1.54, 1.807) is 30.5 Å². The van der Waals surface area contributed by atoms with E-state index in [2.05, 4.69) is 95.3 Å². The molecule has 0 amide bonds. The summed E-state index contributed by atoms with van der Waals surface area (Å²) in [7, 11) is 0. The van der Waals surface area contributed by atoms with Gasteiger partial charge in [0.2, 0.25) is 0 Å². The van der Waals surface area contributed by atoms with Crippen LogP contribution in [0.25, 0.3) is 38.8 Å². The molecule has 6 heteroatoms. The van der Waals surface area contributed by atoms with Crippen LogP contribution in [-0.2, 0) is 32.3 Å². The molecule has 0 N–H and O–H groups in total. The second-order valence-electron chi connectivity index (χ2n) is 9.75. The van der Waals surface area contributed by atoms with Crippen LogP contribution in [-0.4, -0.2) is 15.3 Å². The quantitative estimate of drug-likeness (QED) is 0.127. The molecule has 2 heterocycles. The number of aromatic nitrogens is 2. The van der Waals surface area contributed by atoms with E-state index in [4.69, 9.17) is 0 Å². The molecular weight excluding hydrogens is 709 g/mol. The number of hydrogen-bond acceptors (Lipinski definition) is 2. The van der Waals surface area contributed by atoms with Crippen LogP contribution in [0.15, 0.2) is 121 Å². The number of aryl methyl sites for hydroxylation is 1. The molecule has 6 rings (SSSR count). The van der Waals surface area contributed by atoms with Gasteiger partial charge >= 0.3 is 21.1 Å². The fourth-order valence-corrected chi connectivity index (χ4v) is 4.78. The largest absolute Gasteiger partial charge is 2.00 e. The van der Waals surface area contributed by atoms with Crippen molar-refractivity contribution in [3.05, 3.63) is 151 Å². The maximum Gasteiger partial charge on any atom is 2.00 e. The molecule has 4 aromatic carbocycles. The van der Waals surface area contributed by atoms with Crippen molar-refractivity contribution in [1.82, 2.24) is 9.55 Å². The molecule has 0 aliphatic carbocycles. The Bertz CT molecular complexity index is 1790. The fraction of sp³-hybridized carbons (Fsp3) is 0.0833. The van der Waals surface area contributed by atoms with Crippen molar-refractivity contribution in [1.29, 1.82) is 0 Å². The van der Waals surface area contributed by atoms with Gasteiger partial charge in [-0.15, -0.1) is 12.1 Å². The van der Waals surface area contributed by atoms with Gasteiger partial charge in [-0.25, -0.2) is 12.5 Å². The van der Waals surface area contributed by atoms with E-state index >= 15 is 0 Å². The molecule has 2 aromatic heterocycles. The van der Waals surface area contributed by atoms with Crippen molar-refractivity contribution in [2.75, 3.05) is 0 Å². The summed E-state index contributed by atoms with van der Waals surface area (Å²) in [6, 6.07) is 35.0. The molecule has 0 atom stereocenters. The van der Waals surface area contributed by atoms with Gasteiger partial charge in [-0.05, 0) is 54.4 Å². The summed E-state index contributed by atoms with van der Waals surface area (Å²) in [6.45, 7) is 5.61. The topological polar surface area (TPSA) is 34.9 Å². The molecule has 0 spiro atoms. The van der Waals surface area contributed by atoms with E-state index in [-0.39, 0.29) is 32.4 Å². The first-order valence-electron chi connectivity index (χ1n) is 13.3. The number of carbonyl (C=O) groups excluding carboxylic acids is 1. The van der Waals surface area contributed by atoms with E-state index in [9.17, 15) is 13.6 Å². The van der Waals surface area contributed by atoms with Crippen LogP contribution in [0.1, 0.15) is 18.9 Å². The third-order valence-corrected chi connectivity index (χ3v) is 6.62. The van der Waals surface area contributed by atoms with Gasteiger partial charge in [0.1, 0.15) is 0 Å². The molecule has 0 bridgehead atoms. The number of carbonyl (C=O) groups is 1. The Kier molecular flexibility index (Phi) is 10.2. The van der Waals surface area contributed by atoms with Crippen molar-refractivity contribution in [3.63, 3.8) is 0 Å². The van der Waals surface area contributed by atoms with Crippen LogP contribution in [0.3, 0.4) is 0 Å². The van der Waals surface area contributed by atoms with Gasteiger partial charge in [-0.1, -0.05) is 79.2 Å². The SMILES string of the molecule is Fc1c[c-]c(-c2ccccn2)c(F)c1.[CH2-]/C(C)=C\C(=O)CCc1ccc(-n2c3ccccc3c3ccccc32)cc1.[Pt+2]. The Hall–Kier alpha value is -4.34. The molecule has 6 aromatic rings. The summed E-state index contributed by atoms with van der Waals surface area (Å²) in [4.78, 5) is 15.8. The smallest absolute Gasteiger partial charge is 0.316 e. The van der Waals surface area contributed by atoms with E-state index in [0.29, 0.717) is 12.1 Å². The van der Waals surface area contributed by atoms with Gasteiger partial charge in [0.25, 0.3) is 0 Å². The number of allylic oxidation sites excluding steroid dienone is 2. The number of rotatable bonds is 6. The maximum absolute atomic E-state index is 13.2. The Morgan fingerprint density at radius 2 is 1.52 bits per heavy atom. The van der Waals surface area contributed by atoms with Crippen LogP contribution in [0.5, 0.6) is 0 Å². The Labute approximate surface area is 258 Å². The Balaban J connectivity index is 0.000000228. The summed E-state index contributed by atoms with van der Waals surface area (Å²) in [5.74, 6) is -1.15. The van der Waals surface area contributed by atoms with Gasteiger partial charge < -0.3 is 14.3 Å². The zero-order chi connectivity index (χ0) is 28.8. The molecule has 0 saturated carbocycles. The monoisotopic (exact) mass is 737 g/mol. The first kappa shape index (κ1) is 30.6. The molecular formula is C36H28F2N2OPt. The molecule has 0 radical (unpaired) electrons. The van der Waals surface area contributed by atoms with Crippen molar-refractivity contribution in [2.45, 2.75) is 19.8 Å². The van der Waals surface area contributed by atoms with Crippen molar-refractivity contribution in [2.24, 2.45) is 0 Å². The number of pyridine rings is 1. The van der Waals surface area contributed by atoms with Crippen molar-refractivity contribution in [3.8, 4) is 16.9 Å². The second-order valence-corrected chi connectivity index (χ2v) is 9.75. The second kappa shape index (κ2) is 14.0. The third-order valence-electron chi connectivity index (χ3n) is 6.62. The van der Waals surface area contributed by atoms with Crippen LogP contribution in [0.2, 0.25) is 0 Å². The number of fused-ring (bicyclic) bond motifs is 3. The first-order chi connectivity index (χ1) is 19.9. The number of benzene rings is 4. The predicted octanol–water partition coefficient (Wildman–Crippen LogP) is 8.89. The average molecular weight is 738 g/mol. The number of nitrogens with zero attached hydrogens (tertiary/aromatic N) is 2. The van der Waals surface area contributed by atoms with Crippen LogP contribution >= 0.6 is 0 Å². The number of para-hydroxylation sites is 2. The van der Waals surface area contributed by atoms with E-state index in [0.717, 1.165) is 29.8 Å². The van der Waals surface area contributed by atoms with E-state index in [1.165, 1.54) is 27.4 Å².